The lowest BCUT2D eigenvalue weighted by molar-refractivity contribution is 0.102. The molecule has 5 aromatic rings. The number of aromatic nitrogens is 5. The largest absolute Gasteiger partial charge is 0.360 e. The van der Waals surface area contributed by atoms with Crippen LogP contribution in [-0.2, 0) is 0 Å². The third kappa shape index (κ3) is 3.06. The second-order valence-corrected chi connectivity index (χ2v) is 6.53. The third-order valence-corrected chi connectivity index (χ3v) is 4.51. The number of H-pyrrole nitrogens is 1. The Morgan fingerprint density at radius 2 is 1.97 bits per heavy atom. The predicted molar refractivity (Wildman–Crippen MR) is 108 cm³/mol. The molecule has 5 rings (SSSR count). The Hall–Kier alpha value is -4.20. The molecule has 0 radical (unpaired) electrons. The van der Waals surface area contributed by atoms with Crippen molar-refractivity contribution in [2.45, 2.75) is 6.92 Å². The SMILES string of the molecule is Cc1cc(NC(=O)c2cccc3[nH]c(-c4ccnn4-c4ccccc4)nc23)no1. The van der Waals surface area contributed by atoms with E-state index in [0.29, 0.717) is 28.5 Å². The van der Waals surface area contributed by atoms with Gasteiger partial charge in [-0.05, 0) is 37.3 Å². The number of hydrogen-bond acceptors (Lipinski definition) is 5. The number of benzene rings is 2. The van der Waals surface area contributed by atoms with Crippen LogP contribution in [0.4, 0.5) is 5.82 Å². The first kappa shape index (κ1) is 16.9. The predicted octanol–water partition coefficient (Wildman–Crippen LogP) is 3.96. The van der Waals surface area contributed by atoms with Gasteiger partial charge in [0.05, 0.1) is 23.0 Å². The number of carbonyl (C=O) groups is 1. The van der Waals surface area contributed by atoms with Crippen LogP contribution < -0.4 is 5.32 Å². The lowest BCUT2D eigenvalue weighted by atomic mass is 10.1. The maximum atomic E-state index is 12.8. The Balaban J connectivity index is 1.55. The molecule has 142 valence electrons. The molecular weight excluding hydrogens is 368 g/mol. The molecule has 0 unspecified atom stereocenters. The molecule has 0 bridgehead atoms. The van der Waals surface area contributed by atoms with Gasteiger partial charge in [0.1, 0.15) is 17.0 Å². The Kier molecular flexibility index (Phi) is 3.94. The molecule has 1 amide bonds. The molecule has 2 N–H and O–H groups in total. The van der Waals surface area contributed by atoms with Crippen molar-refractivity contribution in [1.29, 1.82) is 0 Å². The average Bonchev–Trinajstić information content (AvgIpc) is 3.47. The number of hydrogen-bond donors (Lipinski definition) is 2. The van der Waals surface area contributed by atoms with E-state index in [9.17, 15) is 4.79 Å². The van der Waals surface area contributed by atoms with Crippen LogP contribution in [0, 0.1) is 6.92 Å². The number of nitrogens with zero attached hydrogens (tertiary/aromatic N) is 4. The molecule has 8 heteroatoms. The van der Waals surface area contributed by atoms with Crippen molar-refractivity contribution >= 4 is 22.8 Å². The molecule has 0 saturated heterocycles. The fourth-order valence-corrected chi connectivity index (χ4v) is 3.20. The van der Waals surface area contributed by atoms with Crippen LogP contribution in [0.1, 0.15) is 16.1 Å². The van der Waals surface area contributed by atoms with Crippen LogP contribution >= 0.6 is 0 Å². The van der Waals surface area contributed by atoms with Crippen molar-refractivity contribution in [3.05, 3.63) is 78.2 Å². The van der Waals surface area contributed by atoms with Gasteiger partial charge in [-0.15, -0.1) is 0 Å². The minimum absolute atomic E-state index is 0.307. The first-order valence-electron chi connectivity index (χ1n) is 9.02. The summed E-state index contributed by atoms with van der Waals surface area (Å²) in [5.74, 6) is 1.30. The lowest BCUT2D eigenvalue weighted by Gasteiger charge is -2.04. The molecular formula is C21H16N6O2. The topological polar surface area (TPSA) is 102 Å². The zero-order valence-electron chi connectivity index (χ0n) is 15.5. The summed E-state index contributed by atoms with van der Waals surface area (Å²) in [6.07, 6.45) is 1.72. The molecule has 0 aliphatic carbocycles. The van der Waals surface area contributed by atoms with Crippen molar-refractivity contribution in [2.75, 3.05) is 5.32 Å². The number of aromatic amines is 1. The van der Waals surface area contributed by atoms with Crippen molar-refractivity contribution in [3.63, 3.8) is 0 Å². The minimum atomic E-state index is -0.307. The highest BCUT2D eigenvalue weighted by Gasteiger charge is 2.17. The molecule has 8 nitrogen and oxygen atoms in total. The summed E-state index contributed by atoms with van der Waals surface area (Å²) in [7, 11) is 0. The normalized spacial score (nSPS) is 11.1. The van der Waals surface area contributed by atoms with E-state index in [1.165, 1.54) is 0 Å². The fourth-order valence-electron chi connectivity index (χ4n) is 3.20. The first-order chi connectivity index (χ1) is 14.2. The number of anilines is 1. The number of para-hydroxylation sites is 2. The van der Waals surface area contributed by atoms with E-state index >= 15 is 0 Å². The lowest BCUT2D eigenvalue weighted by Crippen LogP contribution is -2.12. The number of carbonyl (C=O) groups excluding carboxylic acids is 1. The zero-order valence-corrected chi connectivity index (χ0v) is 15.5. The monoisotopic (exact) mass is 384 g/mol. The Labute approximate surface area is 165 Å². The Morgan fingerprint density at radius 3 is 2.76 bits per heavy atom. The minimum Gasteiger partial charge on any atom is -0.360 e. The molecule has 2 aromatic carbocycles. The van der Waals surface area contributed by atoms with E-state index in [1.807, 2.05) is 48.5 Å². The average molecular weight is 384 g/mol. The molecule has 0 aliphatic heterocycles. The first-order valence-corrected chi connectivity index (χ1v) is 9.02. The Bertz CT molecular complexity index is 1320. The van der Waals surface area contributed by atoms with Gasteiger partial charge >= 0.3 is 0 Å². The smallest absolute Gasteiger partial charge is 0.259 e. The molecule has 3 heterocycles. The summed E-state index contributed by atoms with van der Waals surface area (Å²) in [5.41, 5.74) is 3.49. The maximum absolute atomic E-state index is 12.8. The summed E-state index contributed by atoms with van der Waals surface area (Å²) in [4.78, 5) is 20.7. The van der Waals surface area contributed by atoms with Gasteiger partial charge in [-0.1, -0.05) is 29.4 Å². The fraction of sp³-hybridized carbons (Fsp3) is 0.0476. The van der Waals surface area contributed by atoms with E-state index in [1.54, 1.807) is 29.9 Å². The summed E-state index contributed by atoms with van der Waals surface area (Å²) < 4.78 is 6.80. The number of fused-ring (bicyclic) bond motifs is 1. The van der Waals surface area contributed by atoms with Crippen LogP contribution in [0.5, 0.6) is 0 Å². The molecule has 3 aromatic heterocycles. The van der Waals surface area contributed by atoms with Crippen molar-refractivity contribution in [3.8, 4) is 17.2 Å². The van der Waals surface area contributed by atoms with Crippen LogP contribution in [0.2, 0.25) is 0 Å². The molecule has 0 fully saturated rings. The van der Waals surface area contributed by atoms with Gasteiger partial charge < -0.3 is 14.8 Å². The van der Waals surface area contributed by atoms with Crippen LogP contribution in [0.25, 0.3) is 28.2 Å². The summed E-state index contributed by atoms with van der Waals surface area (Å²) in [6, 6.07) is 18.7. The quantitative estimate of drug-likeness (QED) is 0.488. The Morgan fingerprint density at radius 1 is 1.10 bits per heavy atom. The second-order valence-electron chi connectivity index (χ2n) is 6.53. The van der Waals surface area contributed by atoms with Gasteiger partial charge in [0.25, 0.3) is 5.91 Å². The number of nitrogens with one attached hydrogen (secondary N) is 2. The van der Waals surface area contributed by atoms with Crippen molar-refractivity contribution in [2.24, 2.45) is 0 Å². The van der Waals surface area contributed by atoms with E-state index in [2.05, 4.69) is 25.5 Å². The summed E-state index contributed by atoms with van der Waals surface area (Å²) in [5, 5.41) is 11.0. The van der Waals surface area contributed by atoms with Gasteiger partial charge in [-0.25, -0.2) is 9.67 Å². The van der Waals surface area contributed by atoms with Gasteiger partial charge in [-0.2, -0.15) is 5.10 Å². The highest BCUT2D eigenvalue weighted by Crippen LogP contribution is 2.25. The van der Waals surface area contributed by atoms with E-state index in [-0.39, 0.29) is 5.91 Å². The van der Waals surface area contributed by atoms with Gasteiger partial charge in [0.15, 0.2) is 11.6 Å². The van der Waals surface area contributed by atoms with Crippen molar-refractivity contribution in [1.82, 2.24) is 24.9 Å². The van der Waals surface area contributed by atoms with Gasteiger partial charge in [-0.3, -0.25) is 4.79 Å². The zero-order chi connectivity index (χ0) is 19.8. The van der Waals surface area contributed by atoms with Gasteiger partial charge in [0, 0.05) is 6.07 Å². The number of amides is 1. The number of rotatable bonds is 4. The summed E-state index contributed by atoms with van der Waals surface area (Å²) >= 11 is 0. The van der Waals surface area contributed by atoms with Crippen LogP contribution in [0.15, 0.2) is 71.4 Å². The van der Waals surface area contributed by atoms with Crippen molar-refractivity contribution < 1.29 is 9.32 Å². The van der Waals surface area contributed by atoms with Crippen LogP contribution in [-0.4, -0.2) is 30.8 Å². The van der Waals surface area contributed by atoms with E-state index in [4.69, 9.17) is 4.52 Å². The number of imidazole rings is 1. The van der Waals surface area contributed by atoms with E-state index < -0.39 is 0 Å². The standard InChI is InChI=1S/C21H16N6O2/c1-13-12-18(26-29-13)24-21(28)15-8-5-9-16-19(15)25-20(23-16)17-10-11-22-27(17)14-6-3-2-4-7-14/h2-12H,1H3,(H,23,25)(H,24,26,28). The molecule has 29 heavy (non-hydrogen) atoms. The third-order valence-electron chi connectivity index (χ3n) is 4.51. The van der Waals surface area contributed by atoms with Gasteiger partial charge in [0.2, 0.25) is 0 Å². The summed E-state index contributed by atoms with van der Waals surface area (Å²) in [6.45, 7) is 1.76. The second kappa shape index (κ2) is 6.75. The molecule has 0 aliphatic rings. The molecule has 0 spiro atoms. The van der Waals surface area contributed by atoms with Crippen LogP contribution in [0.3, 0.4) is 0 Å². The highest BCUT2D eigenvalue weighted by molar-refractivity contribution is 6.11. The number of aryl methyl sites for hydroxylation is 1. The highest BCUT2D eigenvalue weighted by atomic mass is 16.5. The maximum Gasteiger partial charge on any atom is 0.259 e. The molecule has 0 atom stereocenters. The molecule has 0 saturated carbocycles. The van der Waals surface area contributed by atoms with E-state index in [0.717, 1.165) is 16.9 Å².